The number of carbonyl (C=O) groups is 1. The lowest BCUT2D eigenvalue weighted by Crippen LogP contribution is -2.39. The van der Waals surface area contributed by atoms with Gasteiger partial charge in [0.25, 0.3) is 11.5 Å². The fourth-order valence-electron chi connectivity index (χ4n) is 4.94. The van der Waals surface area contributed by atoms with E-state index in [4.69, 9.17) is 12.2 Å². The van der Waals surface area contributed by atoms with Gasteiger partial charge in [-0.1, -0.05) is 61.2 Å². The topological polar surface area (TPSA) is 69.3 Å². The smallest absolute Gasteiger partial charge is 0.270 e. The second kappa shape index (κ2) is 10.8. The molecule has 6 nitrogen and oxygen atoms in total. The predicted molar refractivity (Wildman–Crippen MR) is 146 cm³/mol. The zero-order valence-corrected chi connectivity index (χ0v) is 22.0. The van der Waals surface area contributed by atoms with Gasteiger partial charge in [-0.3, -0.25) is 19.1 Å². The summed E-state index contributed by atoms with van der Waals surface area (Å²) in [5.74, 6) is 1.24. The number of hydrogen-bond donors (Lipinski definition) is 0. The van der Waals surface area contributed by atoms with Gasteiger partial charge in [0.05, 0.1) is 4.91 Å². The minimum atomic E-state index is -0.304. The predicted octanol–water partition coefficient (Wildman–Crippen LogP) is 4.64. The highest BCUT2D eigenvalue weighted by atomic mass is 32.2. The van der Waals surface area contributed by atoms with E-state index in [2.05, 4.69) is 35.2 Å². The Morgan fingerprint density at radius 3 is 2.51 bits per heavy atom. The number of piperidine rings is 1. The van der Waals surface area contributed by atoms with Crippen molar-refractivity contribution >= 4 is 46.1 Å². The minimum absolute atomic E-state index is 0.110. The largest absolute Gasteiger partial charge is 0.357 e. The molecule has 8 heteroatoms. The lowest BCUT2D eigenvalue weighted by Gasteiger charge is -2.36. The first-order valence-corrected chi connectivity index (χ1v) is 13.3. The summed E-state index contributed by atoms with van der Waals surface area (Å²) in [6.07, 6.45) is 5.73. The Kier molecular flexibility index (Phi) is 7.78. The van der Waals surface area contributed by atoms with Gasteiger partial charge in [-0.15, -0.1) is 0 Å². The van der Waals surface area contributed by atoms with Crippen molar-refractivity contribution in [3.05, 3.63) is 67.8 Å². The quantitative estimate of drug-likeness (QED) is 0.420. The van der Waals surface area contributed by atoms with Gasteiger partial charge in [0.1, 0.15) is 21.8 Å². The molecule has 0 N–H and O–H groups in total. The Morgan fingerprint density at radius 2 is 1.89 bits per heavy atom. The van der Waals surface area contributed by atoms with E-state index in [1.165, 1.54) is 17.3 Å². The first kappa shape index (κ1) is 25.2. The Labute approximate surface area is 216 Å². The lowest BCUT2D eigenvalue weighted by molar-refractivity contribution is -0.122. The number of anilines is 1. The maximum Gasteiger partial charge on any atom is 0.270 e. The molecule has 0 atom stereocenters. The van der Waals surface area contributed by atoms with E-state index >= 15 is 0 Å². The number of hydrogen-bond acceptors (Lipinski definition) is 6. The molecule has 35 heavy (non-hydrogen) atoms. The van der Waals surface area contributed by atoms with Gasteiger partial charge in [0, 0.05) is 32.2 Å². The zero-order valence-electron chi connectivity index (χ0n) is 20.4. The highest BCUT2D eigenvalue weighted by Crippen LogP contribution is 2.36. The van der Waals surface area contributed by atoms with Gasteiger partial charge in [-0.25, -0.2) is 0 Å². The molecule has 0 radical (unpaired) electrons. The third-order valence-electron chi connectivity index (χ3n) is 6.85. The number of carbonyl (C=O) groups excluding carboxylic acids is 1. The molecule has 2 aliphatic heterocycles. The molecular weight excluding hydrogens is 476 g/mol. The Bertz CT molecular complexity index is 1270. The summed E-state index contributed by atoms with van der Waals surface area (Å²) in [6, 6.07) is 12.6. The minimum Gasteiger partial charge on any atom is -0.357 e. The van der Waals surface area contributed by atoms with Crippen molar-refractivity contribution < 1.29 is 4.79 Å². The first-order valence-electron chi connectivity index (χ1n) is 12.0. The molecular formula is C27H30N4O2S2. The molecule has 3 heterocycles. The van der Waals surface area contributed by atoms with E-state index in [-0.39, 0.29) is 17.0 Å². The average Bonchev–Trinajstić information content (AvgIpc) is 3.12. The van der Waals surface area contributed by atoms with E-state index in [1.54, 1.807) is 23.4 Å². The van der Waals surface area contributed by atoms with Crippen molar-refractivity contribution in [2.45, 2.75) is 39.5 Å². The first-order chi connectivity index (χ1) is 16.8. The van der Waals surface area contributed by atoms with Crippen LogP contribution >= 0.6 is 24.0 Å². The van der Waals surface area contributed by atoms with Crippen molar-refractivity contribution in [2.75, 3.05) is 24.5 Å². The number of thiocarbonyl (C=S) groups is 1. The molecule has 1 amide bonds. The van der Waals surface area contributed by atoms with Crippen molar-refractivity contribution in [2.24, 2.45) is 13.0 Å². The monoisotopic (exact) mass is 506 g/mol. The van der Waals surface area contributed by atoms with Crippen LogP contribution in [-0.2, 0) is 18.3 Å². The number of benzene rings is 1. The summed E-state index contributed by atoms with van der Waals surface area (Å²) in [5.41, 5.74) is 2.52. The molecule has 2 saturated heterocycles. The van der Waals surface area contributed by atoms with Gasteiger partial charge in [0.2, 0.25) is 0 Å². The molecule has 0 bridgehead atoms. The van der Waals surface area contributed by atoms with Crippen molar-refractivity contribution in [3.63, 3.8) is 0 Å². The number of nitrogens with zero attached hydrogens (tertiary/aromatic N) is 4. The van der Waals surface area contributed by atoms with E-state index in [0.29, 0.717) is 27.3 Å². The van der Waals surface area contributed by atoms with Crippen LogP contribution in [0.4, 0.5) is 5.82 Å². The second-order valence-corrected chi connectivity index (χ2v) is 10.8. The summed E-state index contributed by atoms with van der Waals surface area (Å²) >= 11 is 6.72. The molecule has 182 valence electrons. The molecule has 0 aliphatic carbocycles. The van der Waals surface area contributed by atoms with Gasteiger partial charge < -0.3 is 4.90 Å². The number of thioether (sulfide) groups is 1. The van der Waals surface area contributed by atoms with Gasteiger partial charge in [-0.05, 0) is 55.7 Å². The zero-order chi connectivity index (χ0) is 25.1. The average molecular weight is 507 g/mol. The molecule has 0 unspecified atom stereocenters. The van der Waals surface area contributed by atoms with Crippen LogP contribution in [0.5, 0.6) is 0 Å². The van der Waals surface area contributed by atoms with Crippen LogP contribution in [0.1, 0.15) is 48.4 Å². The molecule has 2 fully saturated rings. The molecule has 1 aromatic carbocycles. The number of aromatic nitrogens is 1. The lowest BCUT2D eigenvalue weighted by atomic mass is 9.90. The van der Waals surface area contributed by atoms with Crippen LogP contribution in [0.25, 0.3) is 6.08 Å². The fourth-order valence-corrected chi connectivity index (χ4v) is 6.23. The van der Waals surface area contributed by atoms with Crippen LogP contribution in [0.2, 0.25) is 0 Å². The summed E-state index contributed by atoms with van der Waals surface area (Å²) in [4.78, 5) is 30.5. The fraction of sp³-hybridized carbons (Fsp3) is 0.407. The van der Waals surface area contributed by atoms with Gasteiger partial charge in [0.15, 0.2) is 0 Å². The van der Waals surface area contributed by atoms with Crippen LogP contribution in [-0.4, -0.2) is 39.3 Å². The van der Waals surface area contributed by atoms with Gasteiger partial charge in [-0.2, -0.15) is 5.26 Å². The maximum atomic E-state index is 13.0. The van der Waals surface area contributed by atoms with Crippen LogP contribution in [0, 0.1) is 24.2 Å². The van der Waals surface area contributed by atoms with E-state index < -0.39 is 0 Å². The summed E-state index contributed by atoms with van der Waals surface area (Å²) in [7, 11) is 1.72. The molecule has 4 rings (SSSR count). The molecule has 0 saturated carbocycles. The standard InChI is InChI=1S/C27H30N4O2S2/c1-4-12-31-26(33)23(35-27(31)34)16-21-18(2)22(17-28)25(32)29(3)24(21)30-13-10-20(11-14-30)15-19-8-6-5-7-9-19/h5-9,16,20H,4,10-15H2,1-3H3. The number of amides is 1. The SMILES string of the molecule is CCCN1C(=O)C(=Cc2c(C)c(C#N)c(=O)n(C)c2N2CCC(Cc3ccccc3)CC2)SC1=S. The van der Waals surface area contributed by atoms with Crippen LogP contribution in [0.15, 0.2) is 40.0 Å². The highest BCUT2D eigenvalue weighted by Gasteiger charge is 2.33. The number of pyridine rings is 1. The highest BCUT2D eigenvalue weighted by molar-refractivity contribution is 8.26. The van der Waals surface area contributed by atoms with Crippen molar-refractivity contribution in [1.29, 1.82) is 5.26 Å². The maximum absolute atomic E-state index is 13.0. The summed E-state index contributed by atoms with van der Waals surface area (Å²) in [6.45, 7) is 6.02. The Hall–Kier alpha value is -2.89. The molecule has 1 aromatic heterocycles. The van der Waals surface area contributed by atoms with Crippen molar-refractivity contribution in [3.8, 4) is 6.07 Å². The van der Waals surface area contributed by atoms with E-state index in [1.807, 2.05) is 19.1 Å². The Morgan fingerprint density at radius 1 is 1.20 bits per heavy atom. The second-order valence-electron chi connectivity index (χ2n) is 9.17. The van der Waals surface area contributed by atoms with E-state index in [9.17, 15) is 14.9 Å². The summed E-state index contributed by atoms with van der Waals surface area (Å²) in [5, 5.41) is 9.69. The van der Waals surface area contributed by atoms with Crippen LogP contribution in [0.3, 0.4) is 0 Å². The normalized spacial score (nSPS) is 17.9. The van der Waals surface area contributed by atoms with Gasteiger partial charge >= 0.3 is 0 Å². The Balaban J connectivity index is 1.68. The van der Waals surface area contributed by atoms with E-state index in [0.717, 1.165) is 50.2 Å². The third-order valence-corrected chi connectivity index (χ3v) is 8.22. The molecule has 2 aliphatic rings. The number of rotatable bonds is 6. The number of nitriles is 1. The van der Waals surface area contributed by atoms with Crippen LogP contribution < -0.4 is 10.5 Å². The summed E-state index contributed by atoms with van der Waals surface area (Å²) < 4.78 is 2.12. The molecule has 2 aromatic rings. The molecule has 0 spiro atoms. The van der Waals surface area contributed by atoms with Crippen molar-refractivity contribution in [1.82, 2.24) is 9.47 Å². The third kappa shape index (κ3) is 5.07.